The van der Waals surface area contributed by atoms with Crippen molar-refractivity contribution in [1.29, 1.82) is 0 Å². The lowest BCUT2D eigenvalue weighted by atomic mass is 9.74. The van der Waals surface area contributed by atoms with E-state index < -0.39 is 37.0 Å². The molecule has 0 spiro atoms. The molecule has 0 unspecified atom stereocenters. The molecule has 1 aliphatic carbocycles. The molecule has 4 rings (SSSR count). The van der Waals surface area contributed by atoms with E-state index in [0.717, 1.165) is 35.2 Å². The molecule has 1 aromatic heterocycles. The molecular formula is C29H40N2O12. The Morgan fingerprint density at radius 3 is 2.26 bits per heavy atom. The molecule has 2 aromatic rings. The number of pyridine rings is 1. The van der Waals surface area contributed by atoms with Crippen LogP contribution in [-0.2, 0) is 4.79 Å². The van der Waals surface area contributed by atoms with Crippen LogP contribution in [-0.4, -0.2) is 124 Å². The normalized spacial score (nSPS) is 21.8. The third-order valence-electron chi connectivity index (χ3n) is 7.38. The topological polar surface area (TPSA) is 221 Å². The summed E-state index contributed by atoms with van der Waals surface area (Å²) in [5.41, 5.74) is 3.80. The van der Waals surface area contributed by atoms with Gasteiger partial charge in [0.15, 0.2) is 23.4 Å². The van der Waals surface area contributed by atoms with Crippen molar-refractivity contribution in [1.82, 2.24) is 4.98 Å². The zero-order valence-electron chi connectivity index (χ0n) is 24.5. The molecule has 0 saturated heterocycles. The summed E-state index contributed by atoms with van der Waals surface area (Å²) in [6, 6.07) is 6.03. The average molecular weight is 609 g/mol. The summed E-state index contributed by atoms with van der Waals surface area (Å²) in [5, 5.41) is 62.1. The molecule has 14 heteroatoms. The number of benzene rings is 1. The van der Waals surface area contributed by atoms with Crippen molar-refractivity contribution >= 4 is 11.7 Å². The fraction of sp³-hybridized carbons (Fsp3) is 0.552. The van der Waals surface area contributed by atoms with E-state index >= 15 is 0 Å². The Balaban J connectivity index is 0.000000331. The molecule has 1 saturated carbocycles. The van der Waals surface area contributed by atoms with E-state index in [1.54, 1.807) is 27.5 Å². The second-order valence-electron chi connectivity index (χ2n) is 10.1. The van der Waals surface area contributed by atoms with Gasteiger partial charge in [-0.3, -0.25) is 4.99 Å². The summed E-state index contributed by atoms with van der Waals surface area (Å²) < 4.78 is 22.2. The maximum absolute atomic E-state index is 10.3. The number of aliphatic imine (C=N–C) groups is 1. The standard InChI is InChI=1S/C23H28N2O5.C6H12O7/c1-5-30-20-10-15-16-9-14(26)6-7-18(16)25-22(17(15)11-19(20)27-2)13-8-21(28-3)23(29-4)24-12-13;7-1-2(8)3(9)4(10)5(11)6(12)13/h8,10-12,14,16,18,26H,5-7,9H2,1-4H3;2-5,7-11H,1H2,(H,12,13)/t14-,16-,18-;2-,3-,4+,5-/m11/s1. The van der Waals surface area contributed by atoms with E-state index in [1.165, 1.54) is 0 Å². The molecular weight excluding hydrogens is 568 g/mol. The van der Waals surface area contributed by atoms with Gasteiger partial charge in [0.2, 0.25) is 0 Å². The number of carboxylic acids is 1. The van der Waals surface area contributed by atoms with Crippen molar-refractivity contribution in [3.05, 3.63) is 41.1 Å². The Bertz CT molecular complexity index is 1270. The maximum Gasteiger partial charge on any atom is 0.335 e. The lowest BCUT2D eigenvalue weighted by Gasteiger charge is -2.37. The van der Waals surface area contributed by atoms with Gasteiger partial charge in [-0.2, -0.15) is 0 Å². The van der Waals surface area contributed by atoms with Gasteiger partial charge in [-0.15, -0.1) is 0 Å². The number of rotatable bonds is 11. The predicted molar refractivity (Wildman–Crippen MR) is 152 cm³/mol. The lowest BCUT2D eigenvalue weighted by molar-refractivity contribution is -0.164. The molecule has 2 heterocycles. The minimum atomic E-state index is -2.20. The van der Waals surface area contributed by atoms with E-state index in [4.69, 9.17) is 54.6 Å². The van der Waals surface area contributed by atoms with Crippen LogP contribution in [0.5, 0.6) is 23.1 Å². The Morgan fingerprint density at radius 1 is 0.977 bits per heavy atom. The SMILES string of the molecule is CCOc1cc2c(cc1OC)C(c1cnc(OC)c(OC)c1)=N[C@@H]1CC[C@@H](O)C[C@H]21.O=C(O)[C@H](O)[C@@H](O)[C@H](O)[C@H](O)CO. The number of fused-ring (bicyclic) bond motifs is 3. The van der Waals surface area contributed by atoms with Crippen LogP contribution in [0.4, 0.5) is 0 Å². The third-order valence-corrected chi connectivity index (χ3v) is 7.38. The summed E-state index contributed by atoms with van der Waals surface area (Å²) in [4.78, 5) is 19.6. The summed E-state index contributed by atoms with van der Waals surface area (Å²) in [6.45, 7) is 1.66. The van der Waals surface area contributed by atoms with Gasteiger partial charge in [0.25, 0.3) is 5.88 Å². The van der Waals surface area contributed by atoms with E-state index in [9.17, 15) is 9.90 Å². The van der Waals surface area contributed by atoms with Crippen LogP contribution in [0.3, 0.4) is 0 Å². The van der Waals surface area contributed by atoms with Crippen molar-refractivity contribution in [2.75, 3.05) is 34.5 Å². The fourth-order valence-corrected chi connectivity index (χ4v) is 5.13. The van der Waals surface area contributed by atoms with Gasteiger partial charge in [0, 0.05) is 23.2 Å². The molecule has 0 amide bonds. The highest BCUT2D eigenvalue weighted by Gasteiger charge is 2.38. The highest BCUT2D eigenvalue weighted by Crippen LogP contribution is 2.45. The molecule has 1 aromatic carbocycles. The number of nitrogens with zero attached hydrogens (tertiary/aromatic N) is 2. The number of aliphatic hydroxyl groups is 6. The number of aliphatic carboxylic acids is 1. The average Bonchev–Trinajstić information content (AvgIpc) is 3.02. The Kier molecular flexibility index (Phi) is 12.1. The van der Waals surface area contributed by atoms with Crippen molar-refractivity contribution in [2.24, 2.45) is 4.99 Å². The molecule has 1 aliphatic heterocycles. The molecule has 7 atom stereocenters. The number of carbonyl (C=O) groups is 1. The zero-order chi connectivity index (χ0) is 31.8. The minimum Gasteiger partial charge on any atom is -0.493 e. The quantitative estimate of drug-likeness (QED) is 0.177. The Hall–Kier alpha value is -3.53. The number of ether oxygens (including phenoxy) is 4. The van der Waals surface area contributed by atoms with Crippen LogP contribution in [0.2, 0.25) is 0 Å². The first-order chi connectivity index (χ1) is 20.5. The van der Waals surface area contributed by atoms with E-state index in [0.29, 0.717) is 36.2 Å². The van der Waals surface area contributed by atoms with Crippen LogP contribution >= 0.6 is 0 Å². The molecule has 43 heavy (non-hydrogen) atoms. The van der Waals surface area contributed by atoms with Crippen LogP contribution in [0, 0.1) is 0 Å². The molecule has 2 aliphatic rings. The second-order valence-corrected chi connectivity index (χ2v) is 10.1. The van der Waals surface area contributed by atoms with E-state index in [2.05, 4.69) is 11.1 Å². The van der Waals surface area contributed by atoms with Gasteiger partial charge in [-0.05, 0) is 49.9 Å². The Labute approximate surface area is 248 Å². The van der Waals surface area contributed by atoms with Crippen LogP contribution in [0.1, 0.15) is 48.8 Å². The van der Waals surface area contributed by atoms with Gasteiger partial charge in [-0.1, -0.05) is 0 Å². The van der Waals surface area contributed by atoms with Crippen molar-refractivity contribution < 1.29 is 59.5 Å². The summed E-state index contributed by atoms with van der Waals surface area (Å²) in [5.74, 6) is 0.775. The van der Waals surface area contributed by atoms with Crippen LogP contribution in [0.25, 0.3) is 0 Å². The van der Waals surface area contributed by atoms with Crippen molar-refractivity contribution in [3.8, 4) is 23.1 Å². The number of aromatic nitrogens is 1. The van der Waals surface area contributed by atoms with Gasteiger partial charge >= 0.3 is 5.97 Å². The minimum absolute atomic E-state index is 0.104. The monoisotopic (exact) mass is 608 g/mol. The zero-order valence-corrected chi connectivity index (χ0v) is 24.5. The van der Waals surface area contributed by atoms with Gasteiger partial charge < -0.3 is 54.7 Å². The Morgan fingerprint density at radius 2 is 1.67 bits per heavy atom. The van der Waals surface area contributed by atoms with Crippen molar-refractivity contribution in [2.45, 2.75) is 68.7 Å². The summed E-state index contributed by atoms with van der Waals surface area (Å²) in [6.07, 6.45) is -4.11. The molecule has 14 nitrogen and oxygen atoms in total. The van der Waals surface area contributed by atoms with Crippen LogP contribution in [0.15, 0.2) is 29.4 Å². The highest BCUT2D eigenvalue weighted by molar-refractivity contribution is 6.15. The van der Waals surface area contributed by atoms with Crippen LogP contribution < -0.4 is 18.9 Å². The first kappa shape index (κ1) is 34.0. The number of methoxy groups -OCH3 is 3. The molecule has 0 bridgehead atoms. The number of aliphatic hydroxyl groups excluding tert-OH is 6. The predicted octanol–water partition coefficient (Wildman–Crippen LogP) is -0.139. The summed E-state index contributed by atoms with van der Waals surface area (Å²) >= 11 is 0. The molecule has 238 valence electrons. The van der Waals surface area contributed by atoms with Gasteiger partial charge in [0.1, 0.15) is 18.3 Å². The summed E-state index contributed by atoms with van der Waals surface area (Å²) in [7, 11) is 4.79. The molecule has 0 radical (unpaired) electrons. The number of hydrogen-bond donors (Lipinski definition) is 7. The fourth-order valence-electron chi connectivity index (χ4n) is 5.13. The largest absolute Gasteiger partial charge is 0.493 e. The smallest absolute Gasteiger partial charge is 0.335 e. The first-order valence-electron chi connectivity index (χ1n) is 13.8. The first-order valence-corrected chi connectivity index (χ1v) is 13.8. The number of hydrogen-bond acceptors (Lipinski definition) is 13. The highest BCUT2D eigenvalue weighted by atomic mass is 16.5. The van der Waals surface area contributed by atoms with Crippen molar-refractivity contribution in [3.63, 3.8) is 0 Å². The van der Waals surface area contributed by atoms with Gasteiger partial charge in [0.05, 0.1) is 52.4 Å². The second kappa shape index (κ2) is 15.3. The van der Waals surface area contributed by atoms with Gasteiger partial charge in [-0.25, -0.2) is 9.78 Å². The van der Waals surface area contributed by atoms with E-state index in [1.807, 2.05) is 19.1 Å². The van der Waals surface area contributed by atoms with E-state index in [-0.39, 0.29) is 18.1 Å². The molecule has 7 N–H and O–H groups in total. The third kappa shape index (κ3) is 7.71. The maximum atomic E-state index is 10.3. The molecule has 1 fully saturated rings. The number of carboxylic acid groups (broad SMARTS) is 1. The lowest BCUT2D eigenvalue weighted by Crippen LogP contribution is -2.48.